The SMILES string of the molecule is O=C1C=CC2C=CC1S2. The number of fused-ring (bicyclic) bond motifs is 2. The van der Waals surface area contributed by atoms with Crippen molar-refractivity contribution >= 4 is 17.5 Å². The van der Waals surface area contributed by atoms with Gasteiger partial charge in [-0.1, -0.05) is 18.2 Å². The Morgan fingerprint density at radius 1 is 1.33 bits per heavy atom. The van der Waals surface area contributed by atoms with Crippen LogP contribution in [0.3, 0.4) is 0 Å². The van der Waals surface area contributed by atoms with Crippen LogP contribution in [0.4, 0.5) is 0 Å². The smallest absolute Gasteiger partial charge is 0.172 e. The summed E-state index contributed by atoms with van der Waals surface area (Å²) in [7, 11) is 0. The fourth-order valence-electron chi connectivity index (χ4n) is 1.03. The van der Waals surface area contributed by atoms with Crippen molar-refractivity contribution in [3.63, 3.8) is 0 Å². The summed E-state index contributed by atoms with van der Waals surface area (Å²) in [6, 6.07) is 0. The van der Waals surface area contributed by atoms with Gasteiger partial charge in [-0.25, -0.2) is 0 Å². The second-order valence-electron chi connectivity index (χ2n) is 2.17. The van der Waals surface area contributed by atoms with E-state index in [9.17, 15) is 4.79 Å². The largest absolute Gasteiger partial charge is 0.293 e. The number of hydrogen-bond donors (Lipinski definition) is 0. The van der Waals surface area contributed by atoms with Crippen LogP contribution < -0.4 is 0 Å². The van der Waals surface area contributed by atoms with Crippen molar-refractivity contribution < 1.29 is 4.79 Å². The average molecular weight is 138 g/mol. The molecule has 0 N–H and O–H groups in total. The molecule has 2 aliphatic heterocycles. The Morgan fingerprint density at radius 2 is 2.22 bits per heavy atom. The van der Waals surface area contributed by atoms with Gasteiger partial charge in [0.15, 0.2) is 5.78 Å². The predicted octanol–water partition coefficient (Wildman–Crippen LogP) is 1.17. The Labute approximate surface area is 57.8 Å². The van der Waals surface area contributed by atoms with Crippen molar-refractivity contribution in [1.82, 2.24) is 0 Å². The van der Waals surface area contributed by atoms with Gasteiger partial charge in [-0.3, -0.25) is 4.79 Å². The average Bonchev–Trinajstić information content (AvgIpc) is 2.25. The van der Waals surface area contributed by atoms with Crippen molar-refractivity contribution in [3.8, 4) is 0 Å². The molecule has 0 aromatic rings. The van der Waals surface area contributed by atoms with Crippen LogP contribution in [0, 0.1) is 0 Å². The molecule has 2 heteroatoms. The number of ketones is 1. The topological polar surface area (TPSA) is 17.1 Å². The molecule has 0 amide bonds. The second-order valence-corrected chi connectivity index (χ2v) is 3.49. The maximum atomic E-state index is 10.9. The Morgan fingerprint density at radius 3 is 3.00 bits per heavy atom. The summed E-state index contributed by atoms with van der Waals surface area (Å²) >= 11 is 1.71. The monoisotopic (exact) mass is 138 g/mol. The van der Waals surface area contributed by atoms with Gasteiger partial charge < -0.3 is 0 Å². The Kier molecular flexibility index (Phi) is 1.02. The highest BCUT2D eigenvalue weighted by Crippen LogP contribution is 2.32. The standard InChI is InChI=1S/C7H6OS/c8-6-3-1-5-2-4-7(6)9-5/h1-5,7H. The molecule has 2 rings (SSSR count). The Balaban J connectivity index is 2.39. The maximum Gasteiger partial charge on any atom is 0.172 e. The summed E-state index contributed by atoms with van der Waals surface area (Å²) in [5, 5.41) is 0.618. The fraction of sp³-hybridized carbons (Fsp3) is 0.286. The molecule has 0 aromatic carbocycles. The highest BCUT2D eigenvalue weighted by molar-refractivity contribution is 8.02. The molecule has 9 heavy (non-hydrogen) atoms. The molecular weight excluding hydrogens is 132 g/mol. The first-order chi connectivity index (χ1) is 4.36. The molecule has 2 heterocycles. The summed E-state index contributed by atoms with van der Waals surface area (Å²) in [5.74, 6) is 0.241. The zero-order chi connectivity index (χ0) is 6.27. The van der Waals surface area contributed by atoms with E-state index >= 15 is 0 Å². The van der Waals surface area contributed by atoms with Crippen LogP contribution >= 0.6 is 11.8 Å². The molecule has 0 saturated carbocycles. The van der Waals surface area contributed by atoms with Crippen molar-refractivity contribution in [2.45, 2.75) is 10.5 Å². The predicted molar refractivity (Wildman–Crippen MR) is 38.5 cm³/mol. The highest BCUT2D eigenvalue weighted by Gasteiger charge is 2.25. The van der Waals surface area contributed by atoms with Crippen molar-refractivity contribution in [1.29, 1.82) is 0 Å². The molecule has 2 atom stereocenters. The third-order valence-corrected chi connectivity index (χ3v) is 2.82. The van der Waals surface area contributed by atoms with Crippen LogP contribution in [-0.4, -0.2) is 16.3 Å². The molecule has 0 fully saturated rings. The van der Waals surface area contributed by atoms with Gasteiger partial charge in [0.1, 0.15) is 0 Å². The van der Waals surface area contributed by atoms with Gasteiger partial charge in [-0.2, -0.15) is 0 Å². The van der Waals surface area contributed by atoms with Crippen LogP contribution in [-0.2, 0) is 4.79 Å². The number of carbonyl (C=O) groups is 1. The molecule has 0 radical (unpaired) electrons. The summed E-state index contributed by atoms with van der Waals surface area (Å²) in [6.07, 6.45) is 7.70. The van der Waals surface area contributed by atoms with Gasteiger partial charge in [0.25, 0.3) is 0 Å². The lowest BCUT2D eigenvalue weighted by molar-refractivity contribution is -0.113. The van der Waals surface area contributed by atoms with Crippen LogP contribution in [0.1, 0.15) is 0 Å². The van der Waals surface area contributed by atoms with Crippen LogP contribution in [0.5, 0.6) is 0 Å². The lowest BCUT2D eigenvalue weighted by Gasteiger charge is -2.09. The highest BCUT2D eigenvalue weighted by atomic mass is 32.2. The normalized spacial score (nSPS) is 38.0. The number of thioether (sulfide) groups is 1. The minimum absolute atomic E-state index is 0.139. The molecule has 2 unspecified atom stereocenters. The van der Waals surface area contributed by atoms with E-state index in [0.29, 0.717) is 5.25 Å². The van der Waals surface area contributed by atoms with Crippen LogP contribution in [0.15, 0.2) is 24.3 Å². The van der Waals surface area contributed by atoms with Crippen molar-refractivity contribution in [2.75, 3.05) is 0 Å². The van der Waals surface area contributed by atoms with Crippen LogP contribution in [0.25, 0.3) is 0 Å². The first-order valence-electron chi connectivity index (χ1n) is 2.92. The lowest BCUT2D eigenvalue weighted by atomic mass is 10.3. The van der Waals surface area contributed by atoms with Gasteiger partial charge >= 0.3 is 0 Å². The summed E-state index contributed by atoms with van der Waals surface area (Å²) < 4.78 is 0. The van der Waals surface area contributed by atoms with Gasteiger partial charge in [0.2, 0.25) is 0 Å². The number of allylic oxidation sites excluding steroid dienone is 1. The maximum absolute atomic E-state index is 10.9. The Bertz CT molecular complexity index is 205. The first kappa shape index (κ1) is 5.30. The molecule has 46 valence electrons. The van der Waals surface area contributed by atoms with E-state index in [4.69, 9.17) is 0 Å². The summed E-state index contributed by atoms with van der Waals surface area (Å²) in [6.45, 7) is 0. The van der Waals surface area contributed by atoms with E-state index < -0.39 is 0 Å². The molecule has 2 aliphatic rings. The Hall–Kier alpha value is -0.500. The molecule has 0 aromatic heterocycles. The molecule has 2 bridgehead atoms. The van der Waals surface area contributed by atoms with Gasteiger partial charge in [-0.15, -0.1) is 11.8 Å². The summed E-state index contributed by atoms with van der Waals surface area (Å²) in [5.41, 5.74) is 0. The fourth-order valence-corrected chi connectivity index (χ4v) is 2.11. The zero-order valence-electron chi connectivity index (χ0n) is 4.78. The molecule has 1 nitrogen and oxygen atoms in total. The van der Waals surface area contributed by atoms with E-state index in [-0.39, 0.29) is 11.0 Å². The molecule has 0 saturated heterocycles. The van der Waals surface area contributed by atoms with E-state index in [2.05, 4.69) is 6.08 Å². The number of rotatable bonds is 0. The third-order valence-electron chi connectivity index (χ3n) is 1.51. The van der Waals surface area contributed by atoms with E-state index in [1.54, 1.807) is 17.8 Å². The second kappa shape index (κ2) is 1.74. The zero-order valence-corrected chi connectivity index (χ0v) is 5.60. The van der Waals surface area contributed by atoms with E-state index in [1.165, 1.54) is 0 Å². The lowest BCUT2D eigenvalue weighted by Crippen LogP contribution is -2.14. The number of carbonyl (C=O) groups excluding carboxylic acids is 1. The van der Waals surface area contributed by atoms with Crippen molar-refractivity contribution in [3.05, 3.63) is 24.3 Å². The van der Waals surface area contributed by atoms with Gasteiger partial charge in [-0.05, 0) is 6.08 Å². The number of hydrogen-bond acceptors (Lipinski definition) is 2. The van der Waals surface area contributed by atoms with E-state index in [1.807, 2.05) is 12.2 Å². The van der Waals surface area contributed by atoms with Gasteiger partial charge in [0, 0.05) is 5.25 Å². The van der Waals surface area contributed by atoms with Crippen LogP contribution in [0.2, 0.25) is 0 Å². The summed E-state index contributed by atoms with van der Waals surface area (Å²) in [4.78, 5) is 10.9. The minimum atomic E-state index is 0.139. The molecular formula is C7H6OS. The molecule has 0 aliphatic carbocycles. The quantitative estimate of drug-likeness (QED) is 0.467. The minimum Gasteiger partial charge on any atom is -0.293 e. The third kappa shape index (κ3) is 0.741. The van der Waals surface area contributed by atoms with Crippen molar-refractivity contribution in [2.24, 2.45) is 0 Å². The molecule has 0 spiro atoms. The first-order valence-corrected chi connectivity index (χ1v) is 3.86. The van der Waals surface area contributed by atoms with Gasteiger partial charge in [0.05, 0.1) is 5.25 Å². The van der Waals surface area contributed by atoms with E-state index in [0.717, 1.165) is 0 Å².